The number of nitrogens with zero attached hydrogens (tertiary/aromatic N) is 1. The van der Waals surface area contributed by atoms with Gasteiger partial charge < -0.3 is 10.1 Å². The van der Waals surface area contributed by atoms with E-state index in [-0.39, 0.29) is 16.4 Å². The Morgan fingerprint density at radius 2 is 1.84 bits per heavy atom. The van der Waals surface area contributed by atoms with Crippen molar-refractivity contribution in [2.24, 2.45) is 5.14 Å². The molecule has 1 saturated heterocycles. The predicted octanol–water partition coefficient (Wildman–Crippen LogP) is 3.68. The van der Waals surface area contributed by atoms with Crippen molar-refractivity contribution >= 4 is 15.9 Å². The molecule has 1 heterocycles. The predicted molar refractivity (Wildman–Crippen MR) is 124 cm³/mol. The molecule has 0 radical (unpaired) electrons. The fourth-order valence-corrected chi connectivity index (χ4v) is 4.76. The van der Waals surface area contributed by atoms with Crippen LogP contribution in [0.5, 0.6) is 5.75 Å². The highest BCUT2D eigenvalue weighted by Gasteiger charge is 2.25. The third-order valence-corrected chi connectivity index (χ3v) is 6.95. The van der Waals surface area contributed by atoms with E-state index in [0.29, 0.717) is 18.3 Å². The zero-order valence-corrected chi connectivity index (χ0v) is 19.9. The number of unbranched alkanes of at least 4 members (excludes halogenated alkanes) is 7. The van der Waals surface area contributed by atoms with Gasteiger partial charge in [0.05, 0.1) is 17.6 Å². The molecule has 1 amide bonds. The van der Waals surface area contributed by atoms with Crippen molar-refractivity contribution in [1.82, 2.24) is 10.2 Å². The van der Waals surface area contributed by atoms with Crippen molar-refractivity contribution in [3.8, 4) is 5.75 Å². The zero-order valence-electron chi connectivity index (χ0n) is 19.1. The number of nitrogens with one attached hydrogen (secondary N) is 1. The monoisotopic (exact) mass is 453 g/mol. The summed E-state index contributed by atoms with van der Waals surface area (Å²) in [6.07, 6.45) is 12.6. The number of methoxy groups -OCH3 is 1. The fraction of sp³-hybridized carbons (Fsp3) is 0.696. The smallest absolute Gasteiger partial charge is 0.255 e. The van der Waals surface area contributed by atoms with E-state index in [1.807, 2.05) is 0 Å². The first kappa shape index (κ1) is 25.6. The lowest BCUT2D eigenvalue weighted by molar-refractivity contribution is 0.0937. The molecule has 1 aromatic carbocycles. The summed E-state index contributed by atoms with van der Waals surface area (Å²) in [5.74, 6) is -0.0200. The maximum atomic E-state index is 12.7. The van der Waals surface area contributed by atoms with E-state index < -0.39 is 10.0 Å². The van der Waals surface area contributed by atoms with Gasteiger partial charge in [0, 0.05) is 12.6 Å². The number of rotatable bonds is 14. The van der Waals surface area contributed by atoms with E-state index in [1.165, 1.54) is 76.7 Å². The molecule has 1 aromatic rings. The number of likely N-dealkylation sites (tertiary alicyclic amines) is 1. The Morgan fingerprint density at radius 3 is 2.48 bits per heavy atom. The van der Waals surface area contributed by atoms with E-state index in [0.717, 1.165) is 25.9 Å². The molecule has 2 rings (SSSR count). The first-order valence-corrected chi connectivity index (χ1v) is 13.1. The minimum Gasteiger partial charge on any atom is -0.496 e. The lowest BCUT2D eigenvalue weighted by atomic mass is 10.1. The molecule has 3 N–H and O–H groups in total. The van der Waals surface area contributed by atoms with Gasteiger partial charge in [-0.25, -0.2) is 13.6 Å². The van der Waals surface area contributed by atoms with Crippen LogP contribution >= 0.6 is 0 Å². The van der Waals surface area contributed by atoms with E-state index in [4.69, 9.17) is 9.88 Å². The Kier molecular flexibility index (Phi) is 10.8. The van der Waals surface area contributed by atoms with Gasteiger partial charge in [-0.3, -0.25) is 9.69 Å². The third kappa shape index (κ3) is 8.43. The maximum absolute atomic E-state index is 12.7. The molecule has 1 aliphatic heterocycles. The average Bonchev–Trinajstić information content (AvgIpc) is 3.20. The van der Waals surface area contributed by atoms with Gasteiger partial charge in [0.2, 0.25) is 10.0 Å². The number of nitrogens with two attached hydrogens (primary N) is 1. The van der Waals surface area contributed by atoms with Crippen LogP contribution in [0.25, 0.3) is 0 Å². The van der Waals surface area contributed by atoms with Crippen molar-refractivity contribution in [1.29, 1.82) is 0 Å². The van der Waals surface area contributed by atoms with Crippen LogP contribution in [0.3, 0.4) is 0 Å². The van der Waals surface area contributed by atoms with Crippen LogP contribution < -0.4 is 15.2 Å². The second-order valence-electron chi connectivity index (χ2n) is 8.42. The second-order valence-corrected chi connectivity index (χ2v) is 9.99. The van der Waals surface area contributed by atoms with Gasteiger partial charge in [0.25, 0.3) is 5.91 Å². The average molecular weight is 454 g/mol. The van der Waals surface area contributed by atoms with Crippen LogP contribution in [0.4, 0.5) is 0 Å². The number of sulfonamides is 1. The molecule has 0 bridgehead atoms. The Hall–Kier alpha value is -1.64. The number of primary sulfonamides is 1. The summed E-state index contributed by atoms with van der Waals surface area (Å²) in [5.41, 5.74) is 0.182. The molecule has 176 valence electrons. The molecule has 0 spiro atoms. The standard InChI is InChI=1S/C23H39N3O4S/c1-3-4-5-6-7-8-9-10-15-26-16-11-12-19(26)18-25-23(27)21-17-20(31(24,28)29)13-14-22(21)30-2/h13-14,17,19H,3-12,15-16,18H2,1-2H3,(H,25,27)(H2,24,28,29)/t19-/m0/s1. The third-order valence-electron chi connectivity index (χ3n) is 6.04. The lowest BCUT2D eigenvalue weighted by Crippen LogP contribution is -2.40. The summed E-state index contributed by atoms with van der Waals surface area (Å²) in [4.78, 5) is 15.1. The van der Waals surface area contributed by atoms with Gasteiger partial charge >= 0.3 is 0 Å². The summed E-state index contributed by atoms with van der Waals surface area (Å²) in [6, 6.07) is 4.39. The number of benzene rings is 1. The number of hydrogen-bond acceptors (Lipinski definition) is 5. The zero-order chi connectivity index (χ0) is 22.7. The van der Waals surface area contributed by atoms with Crippen molar-refractivity contribution in [2.75, 3.05) is 26.7 Å². The SMILES string of the molecule is CCCCCCCCCCN1CCC[C@H]1CNC(=O)c1cc(S(N)(=O)=O)ccc1OC. The van der Waals surface area contributed by atoms with Crippen LogP contribution in [-0.2, 0) is 10.0 Å². The molecule has 0 saturated carbocycles. The van der Waals surface area contributed by atoms with Gasteiger partial charge in [-0.05, 0) is 50.6 Å². The number of hydrogen-bond donors (Lipinski definition) is 2. The molecule has 8 heteroatoms. The van der Waals surface area contributed by atoms with Crippen LogP contribution in [0.2, 0.25) is 0 Å². The summed E-state index contributed by atoms with van der Waals surface area (Å²) < 4.78 is 28.5. The van der Waals surface area contributed by atoms with Crippen molar-refractivity contribution in [3.05, 3.63) is 23.8 Å². The normalized spacial score (nSPS) is 17.1. The van der Waals surface area contributed by atoms with Crippen molar-refractivity contribution in [3.63, 3.8) is 0 Å². The van der Waals surface area contributed by atoms with Crippen molar-refractivity contribution in [2.45, 2.75) is 82.1 Å². The molecule has 1 atom stereocenters. The molecule has 0 unspecified atom stereocenters. The first-order valence-electron chi connectivity index (χ1n) is 11.6. The van der Waals surface area contributed by atoms with E-state index >= 15 is 0 Å². The van der Waals surface area contributed by atoms with Gasteiger partial charge in [0.1, 0.15) is 5.75 Å². The van der Waals surface area contributed by atoms with Crippen LogP contribution in [0.1, 0.15) is 81.5 Å². The van der Waals surface area contributed by atoms with Gasteiger partial charge in [0.15, 0.2) is 0 Å². The minimum atomic E-state index is -3.89. The highest BCUT2D eigenvalue weighted by Crippen LogP contribution is 2.23. The Labute approximate surface area is 187 Å². The van der Waals surface area contributed by atoms with Crippen LogP contribution in [0.15, 0.2) is 23.1 Å². The highest BCUT2D eigenvalue weighted by molar-refractivity contribution is 7.89. The van der Waals surface area contributed by atoms with E-state index in [9.17, 15) is 13.2 Å². The summed E-state index contributed by atoms with van der Waals surface area (Å²) >= 11 is 0. The largest absolute Gasteiger partial charge is 0.496 e. The quantitative estimate of drug-likeness (QED) is 0.419. The van der Waals surface area contributed by atoms with Crippen LogP contribution in [0, 0.1) is 0 Å². The lowest BCUT2D eigenvalue weighted by Gasteiger charge is -2.25. The molecule has 1 aliphatic rings. The molecule has 7 nitrogen and oxygen atoms in total. The van der Waals surface area contributed by atoms with Gasteiger partial charge in [-0.1, -0.05) is 51.9 Å². The molecule has 31 heavy (non-hydrogen) atoms. The Morgan fingerprint density at radius 1 is 1.16 bits per heavy atom. The molecule has 0 aromatic heterocycles. The Bertz CT molecular complexity index is 798. The molecule has 0 aliphatic carbocycles. The topological polar surface area (TPSA) is 102 Å². The first-order chi connectivity index (χ1) is 14.9. The van der Waals surface area contributed by atoms with E-state index in [2.05, 4.69) is 17.1 Å². The molecular formula is C23H39N3O4S. The number of amides is 1. The van der Waals surface area contributed by atoms with Crippen molar-refractivity contribution < 1.29 is 17.9 Å². The summed E-state index contributed by atoms with van der Waals surface area (Å²) in [7, 11) is -2.44. The minimum absolute atomic E-state index is 0.101. The maximum Gasteiger partial charge on any atom is 0.255 e. The van der Waals surface area contributed by atoms with Crippen LogP contribution in [-0.4, -0.2) is 52.0 Å². The molecule has 1 fully saturated rings. The summed E-state index contributed by atoms with van der Waals surface area (Å²) in [6.45, 7) is 4.92. The Balaban J connectivity index is 1.80. The number of carbonyl (C=O) groups is 1. The number of carbonyl (C=O) groups excluding carboxylic acids is 1. The second kappa shape index (κ2) is 13.0. The van der Waals surface area contributed by atoms with Gasteiger partial charge in [-0.2, -0.15) is 0 Å². The summed E-state index contributed by atoms with van der Waals surface area (Å²) in [5, 5.41) is 8.16. The highest BCUT2D eigenvalue weighted by atomic mass is 32.2. The number of ether oxygens (including phenoxy) is 1. The van der Waals surface area contributed by atoms with E-state index in [1.54, 1.807) is 0 Å². The fourth-order valence-electron chi connectivity index (χ4n) is 4.22. The van der Waals surface area contributed by atoms with Gasteiger partial charge in [-0.15, -0.1) is 0 Å². The molecular weight excluding hydrogens is 414 g/mol.